The second-order valence-electron chi connectivity index (χ2n) is 4.96. The van der Waals surface area contributed by atoms with Crippen LogP contribution >= 0.6 is 11.8 Å². The van der Waals surface area contributed by atoms with Crippen molar-refractivity contribution >= 4 is 23.7 Å². The lowest BCUT2D eigenvalue weighted by Gasteiger charge is -2.10. The van der Waals surface area contributed by atoms with E-state index in [1.165, 1.54) is 11.7 Å². The lowest BCUT2D eigenvalue weighted by molar-refractivity contribution is -0.119. The first-order valence-electron chi connectivity index (χ1n) is 7.59. The monoisotopic (exact) mass is 364 g/mol. The van der Waals surface area contributed by atoms with Crippen LogP contribution in [0.5, 0.6) is 5.75 Å². The van der Waals surface area contributed by atoms with Crippen LogP contribution in [0, 0.1) is 0 Å². The van der Waals surface area contributed by atoms with Gasteiger partial charge in [-0.25, -0.2) is 9.47 Å². The molecule has 1 aromatic carbocycles. The maximum Gasteiger partial charge on any atom is 0.321 e. The van der Waals surface area contributed by atoms with E-state index in [9.17, 15) is 9.59 Å². The van der Waals surface area contributed by atoms with Gasteiger partial charge in [0.1, 0.15) is 5.75 Å². The Balaban J connectivity index is 2.10. The van der Waals surface area contributed by atoms with E-state index in [1.54, 1.807) is 6.92 Å². The summed E-state index contributed by atoms with van der Waals surface area (Å²) in [5.74, 6) is 6.80. The third kappa shape index (κ3) is 4.63. The molecule has 0 bridgehead atoms. The average molecular weight is 364 g/mol. The van der Waals surface area contributed by atoms with Gasteiger partial charge in [0.15, 0.2) is 5.82 Å². The van der Waals surface area contributed by atoms with Crippen molar-refractivity contribution in [3.05, 3.63) is 24.3 Å². The largest absolute Gasteiger partial charge is 0.494 e. The Labute approximate surface area is 149 Å². The van der Waals surface area contributed by atoms with E-state index in [1.807, 2.05) is 31.2 Å². The molecule has 4 N–H and O–H groups in total. The van der Waals surface area contributed by atoms with E-state index in [4.69, 9.17) is 10.6 Å². The molecular formula is C15H20N6O3S. The van der Waals surface area contributed by atoms with Gasteiger partial charge in [0.05, 0.1) is 11.9 Å². The van der Waals surface area contributed by atoms with Crippen LogP contribution in [-0.2, 0) is 4.79 Å². The van der Waals surface area contributed by atoms with Gasteiger partial charge in [-0.2, -0.15) is 0 Å². The normalized spacial score (nSPS) is 11.6. The molecule has 0 aliphatic rings. The molecule has 0 saturated carbocycles. The number of nitrogens with one attached hydrogen (secondary N) is 2. The van der Waals surface area contributed by atoms with Crippen molar-refractivity contribution in [1.29, 1.82) is 0 Å². The number of nitrogen functional groups attached to an aromatic ring is 1. The molecule has 2 rings (SSSR count). The minimum atomic E-state index is -0.572. The highest BCUT2D eigenvalue weighted by Crippen LogP contribution is 2.25. The van der Waals surface area contributed by atoms with Crippen LogP contribution in [0.2, 0.25) is 0 Å². The third-order valence-corrected chi connectivity index (χ3v) is 4.26. The molecule has 1 atom stereocenters. The van der Waals surface area contributed by atoms with E-state index in [2.05, 4.69) is 20.8 Å². The molecule has 25 heavy (non-hydrogen) atoms. The average Bonchev–Trinajstić information content (AvgIpc) is 2.96. The molecule has 134 valence electrons. The van der Waals surface area contributed by atoms with Gasteiger partial charge in [0.2, 0.25) is 11.1 Å². The number of urea groups is 1. The number of hydrogen-bond donors (Lipinski definition) is 3. The Morgan fingerprint density at radius 1 is 1.32 bits per heavy atom. The van der Waals surface area contributed by atoms with Crippen molar-refractivity contribution in [2.45, 2.75) is 24.3 Å². The Morgan fingerprint density at radius 2 is 2.00 bits per heavy atom. The number of hydrogen-bond acceptors (Lipinski definition) is 7. The number of nitrogens with zero attached hydrogens (tertiary/aromatic N) is 3. The highest BCUT2D eigenvalue weighted by atomic mass is 32.2. The summed E-state index contributed by atoms with van der Waals surface area (Å²) in [6.45, 7) is 4.15. The van der Waals surface area contributed by atoms with E-state index < -0.39 is 17.2 Å². The Kier molecular flexibility index (Phi) is 6.23. The lowest BCUT2D eigenvalue weighted by atomic mass is 10.2. The maximum atomic E-state index is 11.9. The Hall–Kier alpha value is -2.75. The molecular weight excluding hydrogens is 344 g/mol. The molecule has 1 heterocycles. The summed E-state index contributed by atoms with van der Waals surface area (Å²) >= 11 is 1.11. The predicted molar refractivity (Wildman–Crippen MR) is 94.7 cm³/mol. The summed E-state index contributed by atoms with van der Waals surface area (Å²) in [6.07, 6.45) is 0. The zero-order valence-electron chi connectivity index (χ0n) is 14.1. The first kappa shape index (κ1) is 18.6. The fourth-order valence-electron chi connectivity index (χ4n) is 1.91. The summed E-state index contributed by atoms with van der Waals surface area (Å²) < 4.78 is 6.71. The molecule has 0 radical (unpaired) electrons. The van der Waals surface area contributed by atoms with Crippen LogP contribution in [-0.4, -0.2) is 45.7 Å². The van der Waals surface area contributed by atoms with Crippen LogP contribution in [0.15, 0.2) is 29.4 Å². The third-order valence-electron chi connectivity index (χ3n) is 3.20. The van der Waals surface area contributed by atoms with Gasteiger partial charge in [-0.1, -0.05) is 11.8 Å². The molecule has 1 aromatic heterocycles. The summed E-state index contributed by atoms with van der Waals surface area (Å²) in [5, 5.41) is 12.4. The number of rotatable bonds is 6. The number of thioether (sulfide) groups is 1. The molecule has 0 spiro atoms. The minimum absolute atomic E-state index is 0.364. The number of imide groups is 1. The summed E-state index contributed by atoms with van der Waals surface area (Å²) in [4.78, 5) is 23.1. The number of carbonyl (C=O) groups is 2. The number of nitrogens with two attached hydrogens (primary N) is 1. The Morgan fingerprint density at radius 3 is 2.60 bits per heavy atom. The van der Waals surface area contributed by atoms with E-state index in [-0.39, 0.29) is 0 Å². The predicted octanol–water partition coefficient (Wildman–Crippen LogP) is 0.994. The first-order valence-corrected chi connectivity index (χ1v) is 8.47. The smallest absolute Gasteiger partial charge is 0.321 e. The van der Waals surface area contributed by atoms with Crippen LogP contribution in [0.25, 0.3) is 11.4 Å². The van der Waals surface area contributed by atoms with E-state index >= 15 is 0 Å². The number of aromatic nitrogens is 3. The minimum Gasteiger partial charge on any atom is -0.494 e. The SMILES string of the molecule is CCOc1ccc(-c2nnc(S[C@H](C)C(=O)NC(=O)NC)n2N)cc1. The van der Waals surface area contributed by atoms with Gasteiger partial charge in [-0.15, -0.1) is 10.2 Å². The molecule has 0 aliphatic carbocycles. The number of ether oxygens (including phenoxy) is 1. The Bertz CT molecular complexity index is 746. The van der Waals surface area contributed by atoms with Crippen LogP contribution in [0.1, 0.15) is 13.8 Å². The maximum absolute atomic E-state index is 11.9. The molecule has 10 heteroatoms. The van der Waals surface area contributed by atoms with Gasteiger partial charge < -0.3 is 15.9 Å². The van der Waals surface area contributed by atoms with Crippen molar-refractivity contribution < 1.29 is 14.3 Å². The number of carbonyl (C=O) groups excluding carboxylic acids is 2. The second-order valence-corrected chi connectivity index (χ2v) is 6.27. The summed E-state index contributed by atoms with van der Waals surface area (Å²) in [7, 11) is 1.43. The molecule has 0 aliphatic heterocycles. The number of amides is 3. The zero-order valence-corrected chi connectivity index (χ0v) is 15.0. The molecule has 0 unspecified atom stereocenters. The standard InChI is InChI=1S/C15H20N6O3S/c1-4-24-11-7-5-10(6-8-11)12-19-20-15(21(12)16)25-9(2)13(22)18-14(23)17-3/h5-9H,4,16H2,1-3H3,(H2,17,18,22,23)/t9-/m1/s1. The van der Waals surface area contributed by atoms with Crippen molar-refractivity contribution in [3.63, 3.8) is 0 Å². The topological polar surface area (TPSA) is 124 Å². The van der Waals surface area contributed by atoms with Crippen LogP contribution in [0.4, 0.5) is 4.79 Å². The lowest BCUT2D eigenvalue weighted by Crippen LogP contribution is -2.41. The van der Waals surface area contributed by atoms with E-state index in [0.717, 1.165) is 23.1 Å². The van der Waals surface area contributed by atoms with Gasteiger partial charge >= 0.3 is 6.03 Å². The molecule has 3 amide bonds. The van der Waals surface area contributed by atoms with Crippen molar-refractivity contribution in [2.75, 3.05) is 19.5 Å². The van der Waals surface area contributed by atoms with Crippen molar-refractivity contribution in [2.24, 2.45) is 0 Å². The highest BCUT2D eigenvalue weighted by Gasteiger charge is 2.21. The molecule has 0 saturated heterocycles. The fraction of sp³-hybridized carbons (Fsp3) is 0.333. The fourth-order valence-corrected chi connectivity index (χ4v) is 2.68. The zero-order chi connectivity index (χ0) is 18.4. The molecule has 9 nitrogen and oxygen atoms in total. The van der Waals surface area contributed by atoms with Gasteiger partial charge in [-0.05, 0) is 38.1 Å². The number of benzene rings is 1. The van der Waals surface area contributed by atoms with Crippen LogP contribution < -0.4 is 21.2 Å². The second kappa shape index (κ2) is 8.38. The van der Waals surface area contributed by atoms with Gasteiger partial charge in [0.25, 0.3) is 0 Å². The molecule has 2 aromatic rings. The van der Waals surface area contributed by atoms with Crippen molar-refractivity contribution in [3.8, 4) is 17.1 Å². The van der Waals surface area contributed by atoms with E-state index in [0.29, 0.717) is 17.6 Å². The van der Waals surface area contributed by atoms with Crippen LogP contribution in [0.3, 0.4) is 0 Å². The van der Waals surface area contributed by atoms with Crippen molar-refractivity contribution in [1.82, 2.24) is 25.5 Å². The summed E-state index contributed by atoms with van der Waals surface area (Å²) in [6, 6.07) is 6.73. The summed E-state index contributed by atoms with van der Waals surface area (Å²) in [5.41, 5.74) is 0.771. The molecule has 0 fully saturated rings. The first-order chi connectivity index (χ1) is 12.0. The highest BCUT2D eigenvalue weighted by molar-refractivity contribution is 8.00. The quantitative estimate of drug-likeness (QED) is 0.516. The van der Waals surface area contributed by atoms with Gasteiger partial charge in [-0.3, -0.25) is 10.1 Å². The van der Waals surface area contributed by atoms with Gasteiger partial charge in [0, 0.05) is 12.6 Å².